The molecule has 0 aliphatic carbocycles. The molecule has 0 aliphatic heterocycles. The lowest BCUT2D eigenvalue weighted by molar-refractivity contribution is -0.142. The average Bonchev–Trinajstić information content (AvgIpc) is 2.95. The fraction of sp³-hybridized carbons (Fsp3) is 0.190. The molecule has 28 heavy (non-hydrogen) atoms. The molecule has 0 spiro atoms. The SMILES string of the molecule is Cc1nn(-c2ccccc2)c(C)c1C(=O)C(=O)OC(C)c1ccc(F)cc1F. The fourth-order valence-corrected chi connectivity index (χ4v) is 3.00. The highest BCUT2D eigenvalue weighted by Gasteiger charge is 2.28. The molecule has 0 saturated carbocycles. The normalized spacial score (nSPS) is 11.9. The van der Waals surface area contributed by atoms with Crippen LogP contribution >= 0.6 is 0 Å². The molecule has 1 atom stereocenters. The zero-order valence-corrected chi connectivity index (χ0v) is 15.6. The molecule has 0 aliphatic rings. The van der Waals surface area contributed by atoms with Crippen LogP contribution in [0.25, 0.3) is 5.69 Å². The number of aryl methyl sites for hydroxylation is 1. The molecule has 5 nitrogen and oxygen atoms in total. The molecule has 0 saturated heterocycles. The predicted octanol–water partition coefficient (Wildman–Crippen LogP) is 4.25. The highest BCUT2D eigenvalue weighted by Crippen LogP contribution is 2.23. The molecule has 1 unspecified atom stereocenters. The summed E-state index contributed by atoms with van der Waals surface area (Å²) in [5.41, 5.74) is 1.74. The summed E-state index contributed by atoms with van der Waals surface area (Å²) in [5, 5.41) is 4.33. The number of carbonyl (C=O) groups excluding carboxylic acids is 2. The Balaban J connectivity index is 1.84. The average molecular weight is 384 g/mol. The van der Waals surface area contributed by atoms with Gasteiger partial charge in [-0.1, -0.05) is 18.2 Å². The van der Waals surface area contributed by atoms with Crippen LogP contribution in [0.1, 0.15) is 40.3 Å². The van der Waals surface area contributed by atoms with E-state index in [1.165, 1.54) is 13.0 Å². The maximum atomic E-state index is 13.9. The summed E-state index contributed by atoms with van der Waals surface area (Å²) in [6.07, 6.45) is -1.05. The minimum absolute atomic E-state index is 0.0176. The second kappa shape index (κ2) is 7.72. The number of ether oxygens (including phenoxy) is 1. The van der Waals surface area contributed by atoms with Gasteiger partial charge in [-0.15, -0.1) is 0 Å². The van der Waals surface area contributed by atoms with Gasteiger partial charge in [-0.25, -0.2) is 18.3 Å². The minimum atomic E-state index is -1.13. The number of para-hydroxylation sites is 1. The molecule has 3 aromatic rings. The van der Waals surface area contributed by atoms with Crippen molar-refractivity contribution in [2.75, 3.05) is 0 Å². The zero-order valence-electron chi connectivity index (χ0n) is 15.6. The molecule has 3 rings (SSSR count). The van der Waals surface area contributed by atoms with Crippen molar-refractivity contribution in [2.24, 2.45) is 0 Å². The predicted molar refractivity (Wildman–Crippen MR) is 98.2 cm³/mol. The quantitative estimate of drug-likeness (QED) is 0.375. The number of rotatable bonds is 5. The van der Waals surface area contributed by atoms with Crippen molar-refractivity contribution < 1.29 is 23.1 Å². The first kappa shape index (κ1) is 19.4. The van der Waals surface area contributed by atoms with Crippen LogP contribution in [0.4, 0.5) is 8.78 Å². The highest BCUT2D eigenvalue weighted by atomic mass is 19.1. The first-order valence-corrected chi connectivity index (χ1v) is 8.61. The van der Waals surface area contributed by atoms with Crippen molar-refractivity contribution in [3.05, 3.63) is 82.7 Å². The first-order chi connectivity index (χ1) is 13.3. The Morgan fingerprint density at radius 3 is 2.39 bits per heavy atom. The Labute approximate surface area is 160 Å². The van der Waals surface area contributed by atoms with Gasteiger partial charge in [-0.05, 0) is 45.0 Å². The molecular formula is C21H18F2N2O3. The van der Waals surface area contributed by atoms with Gasteiger partial charge in [0, 0.05) is 11.6 Å². The van der Waals surface area contributed by atoms with Gasteiger partial charge >= 0.3 is 5.97 Å². The summed E-state index contributed by atoms with van der Waals surface area (Å²) in [4.78, 5) is 25.0. The van der Waals surface area contributed by atoms with Gasteiger partial charge in [-0.3, -0.25) is 4.79 Å². The van der Waals surface area contributed by atoms with E-state index in [1.807, 2.05) is 30.3 Å². The third kappa shape index (κ3) is 3.69. The van der Waals surface area contributed by atoms with E-state index in [2.05, 4.69) is 5.10 Å². The molecule has 0 amide bonds. The van der Waals surface area contributed by atoms with Gasteiger partial charge in [0.2, 0.25) is 0 Å². The molecule has 0 N–H and O–H groups in total. The van der Waals surface area contributed by atoms with E-state index in [4.69, 9.17) is 4.74 Å². The highest BCUT2D eigenvalue weighted by molar-refractivity contribution is 6.41. The van der Waals surface area contributed by atoms with Crippen molar-refractivity contribution >= 4 is 11.8 Å². The van der Waals surface area contributed by atoms with E-state index >= 15 is 0 Å². The van der Waals surface area contributed by atoms with Crippen LogP contribution in [0, 0.1) is 25.5 Å². The van der Waals surface area contributed by atoms with Gasteiger partial charge in [-0.2, -0.15) is 5.10 Å². The van der Waals surface area contributed by atoms with Crippen LogP contribution in [0.15, 0.2) is 48.5 Å². The van der Waals surface area contributed by atoms with Crippen LogP contribution < -0.4 is 0 Å². The van der Waals surface area contributed by atoms with Crippen LogP contribution in [0.2, 0.25) is 0 Å². The molecule has 0 fully saturated rings. The van der Waals surface area contributed by atoms with Crippen LogP contribution in [-0.4, -0.2) is 21.5 Å². The lowest BCUT2D eigenvalue weighted by Crippen LogP contribution is -2.21. The van der Waals surface area contributed by atoms with Gasteiger partial charge in [0.05, 0.1) is 22.6 Å². The van der Waals surface area contributed by atoms with Crippen molar-refractivity contribution in [1.29, 1.82) is 0 Å². The standard InChI is InChI=1S/C21H18F2N2O3/c1-12-19(13(2)25(24-12)16-7-5-4-6-8-16)20(26)21(27)28-14(3)17-10-9-15(22)11-18(17)23/h4-11,14H,1-3H3. The molecule has 1 heterocycles. The molecule has 7 heteroatoms. The Morgan fingerprint density at radius 2 is 1.75 bits per heavy atom. The number of halogens is 2. The second-order valence-electron chi connectivity index (χ2n) is 6.34. The van der Waals surface area contributed by atoms with Gasteiger partial charge in [0.1, 0.15) is 17.7 Å². The second-order valence-corrected chi connectivity index (χ2v) is 6.34. The van der Waals surface area contributed by atoms with Crippen molar-refractivity contribution in [3.63, 3.8) is 0 Å². The largest absolute Gasteiger partial charge is 0.452 e. The van der Waals surface area contributed by atoms with Crippen LogP contribution in [0.3, 0.4) is 0 Å². The van der Waals surface area contributed by atoms with E-state index < -0.39 is 29.5 Å². The zero-order chi connectivity index (χ0) is 20.4. The number of hydrogen-bond acceptors (Lipinski definition) is 4. The van der Waals surface area contributed by atoms with Crippen molar-refractivity contribution in [2.45, 2.75) is 26.9 Å². The summed E-state index contributed by atoms with van der Waals surface area (Å²) >= 11 is 0. The Morgan fingerprint density at radius 1 is 1.07 bits per heavy atom. The van der Waals surface area contributed by atoms with Gasteiger partial charge in [0.15, 0.2) is 0 Å². The summed E-state index contributed by atoms with van der Waals surface area (Å²) < 4.78 is 33.6. The molecule has 1 aromatic heterocycles. The number of ketones is 1. The van der Waals surface area contributed by atoms with Crippen molar-refractivity contribution in [1.82, 2.24) is 9.78 Å². The summed E-state index contributed by atoms with van der Waals surface area (Å²) in [7, 11) is 0. The fourth-order valence-electron chi connectivity index (χ4n) is 3.00. The molecule has 2 aromatic carbocycles. The van der Waals surface area contributed by atoms with Gasteiger partial charge in [0.25, 0.3) is 5.78 Å². The maximum absolute atomic E-state index is 13.9. The van der Waals surface area contributed by atoms with E-state index in [0.717, 1.165) is 11.8 Å². The smallest absolute Gasteiger partial charge is 0.380 e. The molecule has 0 bridgehead atoms. The molecule has 0 radical (unpaired) electrons. The summed E-state index contributed by atoms with van der Waals surface area (Å²) in [6, 6.07) is 12.1. The number of aromatic nitrogens is 2. The number of carbonyl (C=O) groups is 2. The Bertz CT molecular complexity index is 1050. The Hall–Kier alpha value is -3.35. The van der Waals surface area contributed by atoms with Crippen LogP contribution in [-0.2, 0) is 9.53 Å². The Kier molecular flexibility index (Phi) is 5.35. The van der Waals surface area contributed by atoms with E-state index in [-0.39, 0.29) is 11.1 Å². The van der Waals surface area contributed by atoms with E-state index in [9.17, 15) is 18.4 Å². The topological polar surface area (TPSA) is 61.2 Å². The van der Waals surface area contributed by atoms with Crippen molar-refractivity contribution in [3.8, 4) is 5.69 Å². The summed E-state index contributed by atoms with van der Waals surface area (Å²) in [6.45, 7) is 4.71. The number of esters is 1. The monoisotopic (exact) mass is 384 g/mol. The molecular weight excluding hydrogens is 366 g/mol. The van der Waals surface area contributed by atoms with E-state index in [1.54, 1.807) is 18.5 Å². The number of nitrogens with zero attached hydrogens (tertiary/aromatic N) is 2. The lowest BCUT2D eigenvalue weighted by Gasteiger charge is -2.14. The van der Waals surface area contributed by atoms with Gasteiger partial charge < -0.3 is 4.74 Å². The van der Waals surface area contributed by atoms with Crippen LogP contribution in [0.5, 0.6) is 0 Å². The third-order valence-electron chi connectivity index (χ3n) is 4.39. The summed E-state index contributed by atoms with van der Waals surface area (Å²) in [5.74, 6) is -3.59. The maximum Gasteiger partial charge on any atom is 0.380 e. The first-order valence-electron chi connectivity index (χ1n) is 8.61. The number of Topliss-reactive ketones (excluding diaryl/α,β-unsaturated/α-hetero) is 1. The number of hydrogen-bond donors (Lipinski definition) is 0. The third-order valence-corrected chi connectivity index (χ3v) is 4.39. The van der Waals surface area contributed by atoms with E-state index in [0.29, 0.717) is 17.5 Å². The minimum Gasteiger partial charge on any atom is -0.452 e. The molecule has 144 valence electrons. The number of benzene rings is 2. The lowest BCUT2D eigenvalue weighted by atomic mass is 10.1.